The summed E-state index contributed by atoms with van der Waals surface area (Å²) in [6.45, 7) is 4.10. The highest BCUT2D eigenvalue weighted by Crippen LogP contribution is 2.28. The second kappa shape index (κ2) is 7.92. The molecule has 1 heterocycles. The van der Waals surface area contributed by atoms with Gasteiger partial charge in [0, 0.05) is 17.2 Å². The molecule has 1 N–H and O–H groups in total. The molecule has 0 aliphatic heterocycles. The van der Waals surface area contributed by atoms with Crippen molar-refractivity contribution in [2.75, 3.05) is 6.61 Å². The quantitative estimate of drug-likeness (QED) is 0.299. The Balaban J connectivity index is 2.02. The maximum atomic E-state index is 11.1. The van der Waals surface area contributed by atoms with Crippen LogP contribution in [0, 0.1) is 21.8 Å². The van der Waals surface area contributed by atoms with Crippen LogP contribution < -0.4 is 4.74 Å². The minimum absolute atomic E-state index is 0.0386. The molecular weight excluding hydrogens is 366 g/mol. The zero-order chi connectivity index (χ0) is 19.4. The van der Waals surface area contributed by atoms with Crippen molar-refractivity contribution in [3.63, 3.8) is 0 Å². The van der Waals surface area contributed by atoms with Gasteiger partial charge < -0.3 is 4.74 Å². The van der Waals surface area contributed by atoms with Gasteiger partial charge in [-0.3, -0.25) is 10.1 Å². The molecule has 8 nitrogen and oxygen atoms in total. The van der Waals surface area contributed by atoms with Crippen LogP contribution in [-0.4, -0.2) is 32.6 Å². The van der Waals surface area contributed by atoms with Gasteiger partial charge in [0.1, 0.15) is 5.75 Å². The van der Waals surface area contributed by atoms with E-state index in [-0.39, 0.29) is 5.69 Å². The Labute approximate surface area is 160 Å². The Hall–Kier alpha value is -3.33. The first kappa shape index (κ1) is 18.5. The number of para-hydroxylation sites is 1. The first-order valence-electron chi connectivity index (χ1n) is 8.20. The summed E-state index contributed by atoms with van der Waals surface area (Å²) in [6.07, 6.45) is 1.50. The van der Waals surface area contributed by atoms with Crippen molar-refractivity contribution in [2.24, 2.45) is 5.10 Å². The fraction of sp³-hybridized carbons (Fsp3) is 0.167. The summed E-state index contributed by atoms with van der Waals surface area (Å²) in [6, 6.07) is 12.3. The van der Waals surface area contributed by atoms with Crippen LogP contribution in [0.4, 0.5) is 5.69 Å². The molecule has 0 aliphatic rings. The fourth-order valence-corrected chi connectivity index (χ4v) is 2.71. The van der Waals surface area contributed by atoms with E-state index >= 15 is 0 Å². The highest BCUT2D eigenvalue weighted by molar-refractivity contribution is 7.71. The van der Waals surface area contributed by atoms with Crippen LogP contribution in [0.3, 0.4) is 0 Å². The second-order valence-corrected chi connectivity index (χ2v) is 6.03. The summed E-state index contributed by atoms with van der Waals surface area (Å²) in [5, 5.41) is 22.4. The molecule has 3 rings (SSSR count). The Morgan fingerprint density at radius 2 is 2.15 bits per heavy atom. The Bertz CT molecular complexity index is 1070. The van der Waals surface area contributed by atoms with Gasteiger partial charge >= 0.3 is 0 Å². The summed E-state index contributed by atoms with van der Waals surface area (Å²) >= 11 is 5.27. The number of hydrogen-bond donors (Lipinski definition) is 1. The molecule has 9 heteroatoms. The summed E-state index contributed by atoms with van der Waals surface area (Å²) in [7, 11) is 0. The molecule has 0 saturated heterocycles. The Morgan fingerprint density at radius 1 is 1.37 bits per heavy atom. The molecule has 0 bridgehead atoms. The maximum absolute atomic E-state index is 11.1. The van der Waals surface area contributed by atoms with Gasteiger partial charge in [0.2, 0.25) is 4.77 Å². The third-order valence-corrected chi connectivity index (χ3v) is 4.09. The van der Waals surface area contributed by atoms with Gasteiger partial charge in [0.15, 0.2) is 5.82 Å². The maximum Gasteiger partial charge on any atom is 0.272 e. The number of nitrogens with one attached hydrogen (secondary N) is 1. The van der Waals surface area contributed by atoms with Crippen LogP contribution in [0.1, 0.15) is 18.1 Å². The molecule has 0 spiro atoms. The smallest absolute Gasteiger partial charge is 0.272 e. The van der Waals surface area contributed by atoms with E-state index in [2.05, 4.69) is 15.3 Å². The van der Waals surface area contributed by atoms with Gasteiger partial charge in [0.25, 0.3) is 5.69 Å². The van der Waals surface area contributed by atoms with Crippen molar-refractivity contribution in [3.05, 3.63) is 68.5 Å². The lowest BCUT2D eigenvalue weighted by Gasteiger charge is -2.08. The number of nitro groups is 1. The number of aryl methyl sites for hydroxylation is 1. The number of aromatic nitrogens is 3. The van der Waals surface area contributed by atoms with Gasteiger partial charge in [-0.25, -0.2) is 5.10 Å². The molecular formula is C18H17N5O3S. The molecule has 0 aliphatic carbocycles. The van der Waals surface area contributed by atoms with Crippen molar-refractivity contribution < 1.29 is 9.66 Å². The summed E-state index contributed by atoms with van der Waals surface area (Å²) in [5.41, 5.74) is 1.94. The Kier molecular flexibility index (Phi) is 5.41. The van der Waals surface area contributed by atoms with Gasteiger partial charge in [-0.1, -0.05) is 24.3 Å². The molecule has 0 unspecified atom stereocenters. The van der Waals surface area contributed by atoms with Crippen molar-refractivity contribution in [1.82, 2.24) is 14.9 Å². The lowest BCUT2D eigenvalue weighted by Crippen LogP contribution is -1.99. The topological polar surface area (TPSA) is 98.3 Å². The van der Waals surface area contributed by atoms with Crippen molar-refractivity contribution in [2.45, 2.75) is 13.8 Å². The summed E-state index contributed by atoms with van der Waals surface area (Å²) in [5.74, 6) is 1.15. The number of aromatic amines is 1. The van der Waals surface area contributed by atoms with E-state index in [0.717, 1.165) is 5.56 Å². The third-order valence-electron chi connectivity index (χ3n) is 3.83. The number of H-pyrrole nitrogens is 1. The van der Waals surface area contributed by atoms with E-state index in [1.165, 1.54) is 17.0 Å². The third kappa shape index (κ3) is 3.93. The van der Waals surface area contributed by atoms with E-state index in [4.69, 9.17) is 17.0 Å². The largest absolute Gasteiger partial charge is 0.493 e. The van der Waals surface area contributed by atoms with Crippen LogP contribution in [0.5, 0.6) is 5.75 Å². The minimum Gasteiger partial charge on any atom is -0.493 e. The molecule has 138 valence electrons. The number of hydrogen-bond acceptors (Lipinski definition) is 6. The number of ether oxygens (including phenoxy) is 1. The van der Waals surface area contributed by atoms with Crippen molar-refractivity contribution >= 4 is 24.1 Å². The SMILES string of the molecule is CCOc1ccccc1-c1n[nH]c(=S)n1/N=C\c1ccc(C)c([N+](=O)[O-])c1. The zero-order valence-electron chi connectivity index (χ0n) is 14.7. The lowest BCUT2D eigenvalue weighted by atomic mass is 10.1. The number of nitrogens with zero attached hydrogens (tertiary/aromatic N) is 4. The van der Waals surface area contributed by atoms with E-state index in [0.29, 0.717) is 34.1 Å². The van der Waals surface area contributed by atoms with Crippen LogP contribution in [0.2, 0.25) is 0 Å². The van der Waals surface area contributed by atoms with Gasteiger partial charge in [-0.2, -0.15) is 14.9 Å². The van der Waals surface area contributed by atoms with Crippen molar-refractivity contribution in [3.8, 4) is 17.1 Å². The molecule has 27 heavy (non-hydrogen) atoms. The number of rotatable bonds is 6. The molecule has 1 aromatic heterocycles. The molecule has 0 atom stereocenters. The van der Waals surface area contributed by atoms with E-state index < -0.39 is 4.92 Å². The normalized spacial score (nSPS) is 11.0. The first-order chi connectivity index (χ1) is 13.0. The van der Waals surface area contributed by atoms with Crippen molar-refractivity contribution in [1.29, 1.82) is 0 Å². The van der Waals surface area contributed by atoms with Crippen LogP contribution in [0.25, 0.3) is 11.4 Å². The van der Waals surface area contributed by atoms with E-state index in [9.17, 15) is 10.1 Å². The highest BCUT2D eigenvalue weighted by atomic mass is 32.1. The Morgan fingerprint density at radius 3 is 2.89 bits per heavy atom. The molecule has 2 aromatic carbocycles. The van der Waals surface area contributed by atoms with Gasteiger partial charge in [-0.15, -0.1) is 0 Å². The monoisotopic (exact) mass is 383 g/mol. The molecule has 0 amide bonds. The standard InChI is InChI=1S/C18H17N5O3S/c1-3-26-16-7-5-4-6-14(16)17-20-21-18(27)22(17)19-11-13-9-8-12(2)15(10-13)23(24)25/h4-11H,3H2,1-2H3,(H,21,27)/b19-11-. The summed E-state index contributed by atoms with van der Waals surface area (Å²) in [4.78, 5) is 10.7. The highest BCUT2D eigenvalue weighted by Gasteiger charge is 2.14. The molecule has 0 fully saturated rings. The average molecular weight is 383 g/mol. The zero-order valence-corrected chi connectivity index (χ0v) is 15.6. The lowest BCUT2D eigenvalue weighted by molar-refractivity contribution is -0.385. The van der Waals surface area contributed by atoms with Gasteiger partial charge in [-0.05, 0) is 38.2 Å². The van der Waals surface area contributed by atoms with Crippen LogP contribution in [-0.2, 0) is 0 Å². The number of nitro benzene ring substituents is 1. The second-order valence-electron chi connectivity index (χ2n) is 5.64. The van der Waals surface area contributed by atoms with Gasteiger partial charge in [0.05, 0.1) is 23.3 Å². The van der Waals surface area contributed by atoms with Crippen LogP contribution >= 0.6 is 12.2 Å². The molecule has 0 saturated carbocycles. The number of benzene rings is 2. The van der Waals surface area contributed by atoms with E-state index in [1.54, 1.807) is 19.1 Å². The molecule has 3 aromatic rings. The predicted molar refractivity (Wildman–Crippen MR) is 105 cm³/mol. The molecule has 0 radical (unpaired) electrons. The minimum atomic E-state index is -0.417. The summed E-state index contributed by atoms with van der Waals surface area (Å²) < 4.78 is 7.40. The predicted octanol–water partition coefficient (Wildman–Crippen LogP) is 4.11. The fourth-order valence-electron chi connectivity index (χ4n) is 2.53. The van der Waals surface area contributed by atoms with Crippen LogP contribution in [0.15, 0.2) is 47.6 Å². The average Bonchev–Trinajstić information content (AvgIpc) is 3.02. The van der Waals surface area contributed by atoms with E-state index in [1.807, 2.05) is 31.2 Å². The first-order valence-corrected chi connectivity index (χ1v) is 8.61.